The summed E-state index contributed by atoms with van der Waals surface area (Å²) in [5.74, 6) is 0.0688. The molecule has 0 radical (unpaired) electrons. The minimum absolute atomic E-state index is 0.0408. The maximum atomic E-state index is 12.6. The highest BCUT2D eigenvalue weighted by molar-refractivity contribution is 7.80. The molecule has 0 spiro atoms. The van der Waals surface area contributed by atoms with Gasteiger partial charge in [-0.25, -0.2) is 9.78 Å². The third kappa shape index (κ3) is 4.88. The molecule has 6 aromatic rings. The first kappa shape index (κ1) is 28.6. The third-order valence-electron chi connectivity index (χ3n) is 7.55. The molecule has 48 heavy (non-hydrogen) atoms. The van der Waals surface area contributed by atoms with Gasteiger partial charge >= 0.3 is 5.97 Å². The number of carboxylic acid groups (broad SMARTS) is 1. The fourth-order valence-electron chi connectivity index (χ4n) is 5.53. The molecule has 8 rings (SSSR count). The highest BCUT2D eigenvalue weighted by Gasteiger charge is 2.23. The summed E-state index contributed by atoms with van der Waals surface area (Å²) in [6.07, 6.45) is 3.31. The van der Waals surface area contributed by atoms with Crippen molar-refractivity contribution in [1.82, 2.24) is 34.8 Å². The first-order chi connectivity index (χ1) is 23.2. The van der Waals surface area contributed by atoms with Crippen LogP contribution in [0.5, 0.6) is 5.75 Å². The van der Waals surface area contributed by atoms with Crippen LogP contribution in [0, 0.1) is 0 Å². The van der Waals surface area contributed by atoms with Crippen molar-refractivity contribution >= 4 is 62.6 Å². The number of aryl methyl sites for hydroxylation is 1. The van der Waals surface area contributed by atoms with Crippen LogP contribution in [0.3, 0.4) is 0 Å². The predicted molar refractivity (Wildman–Crippen MR) is 179 cm³/mol. The first-order valence-corrected chi connectivity index (χ1v) is 14.7. The molecule has 1 aliphatic heterocycles. The molecule has 0 fully saturated rings. The van der Waals surface area contributed by atoms with Crippen molar-refractivity contribution in [3.05, 3.63) is 95.0 Å². The zero-order valence-electron chi connectivity index (χ0n) is 24.6. The van der Waals surface area contributed by atoms with Gasteiger partial charge in [0.05, 0.1) is 17.2 Å². The topological polar surface area (TPSA) is 198 Å². The summed E-state index contributed by atoms with van der Waals surface area (Å²) in [4.78, 5) is 33.9. The molecular weight excluding hydrogens is 638 g/mol. The normalized spacial score (nSPS) is 11.4. The second-order valence-corrected chi connectivity index (χ2v) is 11.1. The van der Waals surface area contributed by atoms with Crippen LogP contribution in [0.1, 0.15) is 10.4 Å². The van der Waals surface area contributed by atoms with Crippen molar-refractivity contribution in [2.45, 2.75) is 0 Å². The Balaban J connectivity index is 1.11. The fraction of sp³-hybridized carbons (Fsp3) is 0.0312. The van der Waals surface area contributed by atoms with Gasteiger partial charge in [0.15, 0.2) is 27.6 Å². The van der Waals surface area contributed by atoms with E-state index in [1.165, 1.54) is 41.1 Å². The number of fused-ring (bicyclic) bond motifs is 5. The number of phenols is 1. The Labute approximate surface area is 273 Å². The smallest absolute Gasteiger partial charge is 0.336 e. The van der Waals surface area contributed by atoms with E-state index in [1.54, 1.807) is 54.3 Å². The number of aromatic carboxylic acids is 1. The Hall–Kier alpha value is -6.81. The van der Waals surface area contributed by atoms with Crippen LogP contribution >= 0.6 is 12.2 Å². The quantitative estimate of drug-likeness (QED) is 0.0921. The van der Waals surface area contributed by atoms with Crippen molar-refractivity contribution in [2.24, 2.45) is 7.05 Å². The number of nitrogens with zero attached hydrogens (tertiary/aromatic N) is 6. The highest BCUT2D eigenvalue weighted by Crippen LogP contribution is 2.42. The van der Waals surface area contributed by atoms with Gasteiger partial charge in [0, 0.05) is 47.6 Å². The number of aromatic hydroxyl groups is 1. The Morgan fingerprint density at radius 2 is 1.81 bits per heavy atom. The van der Waals surface area contributed by atoms with Crippen molar-refractivity contribution in [3.63, 3.8) is 0 Å². The standard InChI is InChI=1S/C32H21N9O6S/c1-40-14-22-27(38-40)35-31(41-29(22)34-28(39-41)23-3-2-10-46-23)36-37-32(48)33-15-4-7-18(21(11-15)30(44)45)26-19-8-5-16(42)12-24(19)47-25-13-17(43)6-9-20(25)26/h2-14,42H,1H3,(H,44,45)(H2,33,37,48)(H,35,36,38). The molecule has 0 amide bonds. The lowest BCUT2D eigenvalue weighted by Crippen LogP contribution is -2.34. The van der Waals surface area contributed by atoms with Crippen LogP contribution < -0.4 is 21.6 Å². The molecule has 236 valence electrons. The van der Waals surface area contributed by atoms with Crippen molar-refractivity contribution in [2.75, 3.05) is 10.7 Å². The monoisotopic (exact) mass is 659 g/mol. The summed E-state index contributed by atoms with van der Waals surface area (Å²) in [5.41, 5.74) is 8.47. The molecule has 0 bridgehead atoms. The van der Waals surface area contributed by atoms with Crippen molar-refractivity contribution in [3.8, 4) is 39.8 Å². The van der Waals surface area contributed by atoms with Crippen LogP contribution in [0.4, 0.5) is 11.6 Å². The van der Waals surface area contributed by atoms with Crippen LogP contribution in [0.2, 0.25) is 0 Å². The summed E-state index contributed by atoms with van der Waals surface area (Å²) in [7, 11) is 1.77. The van der Waals surface area contributed by atoms with Crippen LogP contribution in [-0.4, -0.2) is 50.7 Å². The molecule has 4 aromatic heterocycles. The number of hydrogen-bond acceptors (Lipinski definition) is 11. The molecule has 1 aliphatic carbocycles. The first-order valence-electron chi connectivity index (χ1n) is 14.3. The molecule has 2 aliphatic rings. The number of anilines is 2. The van der Waals surface area contributed by atoms with Crippen LogP contribution in [0.15, 0.2) is 92.8 Å². The average molecular weight is 660 g/mol. The van der Waals surface area contributed by atoms with E-state index < -0.39 is 5.97 Å². The van der Waals surface area contributed by atoms with Gasteiger partial charge in [-0.3, -0.25) is 20.3 Å². The van der Waals surface area contributed by atoms with E-state index >= 15 is 0 Å². The number of furan rings is 1. The number of aromatic nitrogens is 6. The van der Waals surface area contributed by atoms with Gasteiger partial charge in [-0.15, -0.1) is 5.10 Å². The zero-order chi connectivity index (χ0) is 33.1. The molecule has 16 heteroatoms. The largest absolute Gasteiger partial charge is 0.508 e. The number of carbonyl (C=O) groups is 1. The van der Waals surface area contributed by atoms with Gasteiger partial charge in [0.2, 0.25) is 11.8 Å². The number of phenolic OH excluding ortho intramolecular Hbond substituents is 1. The number of benzene rings is 3. The lowest BCUT2D eigenvalue weighted by Gasteiger charge is -2.18. The van der Waals surface area contributed by atoms with Crippen LogP contribution in [-0.2, 0) is 7.05 Å². The van der Waals surface area contributed by atoms with Crippen molar-refractivity contribution in [1.29, 1.82) is 0 Å². The Morgan fingerprint density at radius 3 is 2.62 bits per heavy atom. The van der Waals surface area contributed by atoms with E-state index in [0.29, 0.717) is 56.0 Å². The molecule has 0 saturated heterocycles. The van der Waals surface area contributed by atoms with Gasteiger partial charge in [0.1, 0.15) is 17.1 Å². The lowest BCUT2D eigenvalue weighted by molar-refractivity contribution is 0.0697. The average Bonchev–Trinajstić information content (AvgIpc) is 3.82. The van der Waals surface area contributed by atoms with Crippen molar-refractivity contribution < 1.29 is 23.8 Å². The molecule has 0 unspecified atom stereocenters. The van der Waals surface area contributed by atoms with Crippen LogP contribution in [0.25, 0.3) is 61.7 Å². The van der Waals surface area contributed by atoms with Gasteiger partial charge < -0.3 is 24.4 Å². The summed E-state index contributed by atoms with van der Waals surface area (Å²) in [5, 5.41) is 33.6. The zero-order valence-corrected chi connectivity index (χ0v) is 25.4. The van der Waals surface area contributed by atoms with E-state index in [4.69, 9.17) is 21.1 Å². The summed E-state index contributed by atoms with van der Waals surface area (Å²) in [6.45, 7) is 0. The second kappa shape index (κ2) is 10.9. The van der Waals surface area contributed by atoms with Gasteiger partial charge in [-0.2, -0.15) is 14.6 Å². The van der Waals surface area contributed by atoms with E-state index in [9.17, 15) is 19.8 Å². The van der Waals surface area contributed by atoms with E-state index in [-0.39, 0.29) is 39.1 Å². The summed E-state index contributed by atoms with van der Waals surface area (Å²) < 4.78 is 14.5. The summed E-state index contributed by atoms with van der Waals surface area (Å²) >= 11 is 5.51. The maximum absolute atomic E-state index is 12.6. The molecule has 2 aromatic carbocycles. The number of rotatable bonds is 6. The van der Waals surface area contributed by atoms with Gasteiger partial charge in [-0.05, 0) is 66.3 Å². The minimum atomic E-state index is -1.19. The number of hydrazine groups is 1. The maximum Gasteiger partial charge on any atom is 0.336 e. The Morgan fingerprint density at radius 1 is 0.958 bits per heavy atom. The summed E-state index contributed by atoms with van der Waals surface area (Å²) in [6, 6.07) is 17.1. The van der Waals surface area contributed by atoms with Gasteiger partial charge in [0.25, 0.3) is 0 Å². The molecule has 5 N–H and O–H groups in total. The SMILES string of the molecule is Cn1cc2c(nc(NNC(=S)Nc3ccc(-c4c5ccc(=O)cc-5oc5cc(O)ccc45)c(C(=O)O)c3)n3nc(-c4ccco4)nc23)n1. The number of nitrogens with one attached hydrogen (secondary N) is 3. The second-order valence-electron chi connectivity index (χ2n) is 10.7. The molecular formula is C32H21N9O6S. The highest BCUT2D eigenvalue weighted by atomic mass is 32.1. The number of carboxylic acids is 1. The van der Waals surface area contributed by atoms with E-state index in [2.05, 4.69) is 36.3 Å². The number of hydrogen-bond donors (Lipinski definition) is 5. The predicted octanol–water partition coefficient (Wildman–Crippen LogP) is 4.87. The number of thiocarbonyl (C=S) groups is 1. The molecule has 0 saturated carbocycles. The fourth-order valence-corrected chi connectivity index (χ4v) is 5.70. The Bertz CT molecular complexity index is 2610. The third-order valence-corrected chi connectivity index (χ3v) is 7.76. The van der Waals surface area contributed by atoms with Gasteiger partial charge in [-0.1, -0.05) is 6.07 Å². The Kier molecular flexibility index (Phi) is 6.52. The molecule has 5 heterocycles. The minimum Gasteiger partial charge on any atom is -0.508 e. The molecule has 0 atom stereocenters. The van der Waals surface area contributed by atoms with E-state index in [0.717, 1.165) is 0 Å². The lowest BCUT2D eigenvalue weighted by atomic mass is 9.90. The molecule has 15 nitrogen and oxygen atoms in total. The van der Waals surface area contributed by atoms with E-state index in [1.807, 2.05) is 0 Å².